The number of alkyl carbamates (subject to hydrolysis) is 1. The van der Waals surface area contributed by atoms with Gasteiger partial charge in [-0.2, -0.15) is 0 Å². The van der Waals surface area contributed by atoms with Gasteiger partial charge in [0.1, 0.15) is 12.6 Å². The molecule has 7 heteroatoms. The van der Waals surface area contributed by atoms with E-state index in [2.05, 4.69) is 17.4 Å². The van der Waals surface area contributed by atoms with E-state index >= 15 is 0 Å². The Morgan fingerprint density at radius 1 is 1.10 bits per heavy atom. The normalized spacial score (nSPS) is 13.7. The molecule has 0 aliphatic heterocycles. The molecule has 0 saturated carbocycles. The maximum atomic E-state index is 12.2. The Hall–Kier alpha value is -3.61. The van der Waals surface area contributed by atoms with Gasteiger partial charge >= 0.3 is 12.1 Å². The lowest BCUT2D eigenvalue weighted by molar-refractivity contribution is -0.146. The van der Waals surface area contributed by atoms with E-state index in [1.54, 1.807) is 6.92 Å². The van der Waals surface area contributed by atoms with Gasteiger partial charge in [0, 0.05) is 25.1 Å². The maximum Gasteiger partial charge on any atom is 0.407 e. The Morgan fingerprint density at radius 3 is 2.19 bits per heavy atom. The van der Waals surface area contributed by atoms with Crippen molar-refractivity contribution in [2.75, 3.05) is 20.2 Å². The van der Waals surface area contributed by atoms with Gasteiger partial charge in [0.15, 0.2) is 0 Å². The van der Waals surface area contributed by atoms with Gasteiger partial charge in [-0.25, -0.2) is 9.59 Å². The van der Waals surface area contributed by atoms with Gasteiger partial charge in [0.05, 0.1) is 0 Å². The number of rotatable bonds is 7. The van der Waals surface area contributed by atoms with Crippen molar-refractivity contribution < 1.29 is 24.2 Å². The van der Waals surface area contributed by atoms with Crippen molar-refractivity contribution in [2.24, 2.45) is 0 Å². The number of amides is 2. The van der Waals surface area contributed by atoms with Crippen molar-refractivity contribution in [2.45, 2.75) is 25.8 Å². The van der Waals surface area contributed by atoms with Crippen molar-refractivity contribution in [1.29, 1.82) is 0 Å². The Kier molecular flexibility index (Phi) is 6.74. The smallest absolute Gasteiger partial charge is 0.407 e. The van der Waals surface area contributed by atoms with Crippen LogP contribution in [0.15, 0.2) is 60.2 Å². The molecule has 1 atom stereocenters. The second-order valence-corrected chi connectivity index (χ2v) is 7.52. The summed E-state index contributed by atoms with van der Waals surface area (Å²) >= 11 is 0. The fourth-order valence-corrected chi connectivity index (χ4v) is 3.64. The van der Waals surface area contributed by atoms with E-state index in [1.165, 1.54) is 20.0 Å². The zero-order valence-electron chi connectivity index (χ0n) is 17.8. The van der Waals surface area contributed by atoms with Crippen LogP contribution in [-0.2, 0) is 14.3 Å². The fourth-order valence-electron chi connectivity index (χ4n) is 3.64. The SMILES string of the molecule is C/C(=C\CNC(=O)OCC1c2ccccc2-c2ccccc21)C(=O)N(C)C(C)C(=O)O. The van der Waals surface area contributed by atoms with Crippen LogP contribution < -0.4 is 5.32 Å². The third-order valence-electron chi connectivity index (χ3n) is 5.59. The van der Waals surface area contributed by atoms with Crippen molar-refractivity contribution in [3.05, 3.63) is 71.3 Å². The molecule has 0 saturated heterocycles. The molecule has 0 bridgehead atoms. The first-order valence-corrected chi connectivity index (χ1v) is 10.1. The van der Waals surface area contributed by atoms with Gasteiger partial charge in [-0.3, -0.25) is 4.79 Å². The average molecular weight is 422 g/mol. The summed E-state index contributed by atoms with van der Waals surface area (Å²) < 4.78 is 5.45. The number of carbonyl (C=O) groups is 3. The molecule has 1 aliphatic carbocycles. The molecule has 1 unspecified atom stereocenters. The number of carbonyl (C=O) groups excluding carboxylic acids is 2. The molecule has 2 aromatic carbocycles. The van der Waals surface area contributed by atoms with E-state index < -0.39 is 24.0 Å². The van der Waals surface area contributed by atoms with Crippen LogP contribution in [0.4, 0.5) is 4.79 Å². The molecule has 1 aliphatic rings. The largest absolute Gasteiger partial charge is 0.480 e. The van der Waals surface area contributed by atoms with Crippen molar-refractivity contribution >= 4 is 18.0 Å². The summed E-state index contributed by atoms with van der Waals surface area (Å²) in [4.78, 5) is 36.6. The number of carboxylic acid groups (broad SMARTS) is 1. The highest BCUT2D eigenvalue weighted by molar-refractivity contribution is 5.95. The van der Waals surface area contributed by atoms with Crippen molar-refractivity contribution in [3.63, 3.8) is 0 Å². The molecule has 2 N–H and O–H groups in total. The van der Waals surface area contributed by atoms with Crippen LogP contribution in [0.25, 0.3) is 11.1 Å². The third-order valence-corrected chi connectivity index (χ3v) is 5.59. The monoisotopic (exact) mass is 422 g/mol. The highest BCUT2D eigenvalue weighted by atomic mass is 16.5. The predicted molar refractivity (Wildman–Crippen MR) is 117 cm³/mol. The van der Waals surface area contributed by atoms with Crippen LogP contribution in [0, 0.1) is 0 Å². The highest BCUT2D eigenvalue weighted by Gasteiger charge is 2.29. The maximum absolute atomic E-state index is 12.2. The predicted octanol–water partition coefficient (Wildman–Crippen LogP) is 3.40. The molecule has 31 heavy (non-hydrogen) atoms. The first-order valence-electron chi connectivity index (χ1n) is 10.1. The number of hydrogen-bond donors (Lipinski definition) is 2. The minimum atomic E-state index is -1.08. The molecule has 0 heterocycles. The van der Waals surface area contributed by atoms with E-state index in [0.717, 1.165) is 27.2 Å². The molecule has 0 fully saturated rings. The molecule has 0 radical (unpaired) electrons. The molecular weight excluding hydrogens is 396 g/mol. The van der Waals surface area contributed by atoms with Crippen molar-refractivity contribution in [3.8, 4) is 11.1 Å². The van der Waals surface area contributed by atoms with E-state index in [4.69, 9.17) is 9.84 Å². The van der Waals surface area contributed by atoms with Gasteiger partial charge in [-0.05, 0) is 36.1 Å². The summed E-state index contributed by atoms with van der Waals surface area (Å²) in [7, 11) is 1.43. The van der Waals surface area contributed by atoms with E-state index in [9.17, 15) is 14.4 Å². The zero-order valence-corrected chi connectivity index (χ0v) is 17.8. The topological polar surface area (TPSA) is 95.9 Å². The number of hydrogen-bond acceptors (Lipinski definition) is 4. The van der Waals surface area contributed by atoms with Gasteiger partial charge in [-0.15, -0.1) is 0 Å². The molecule has 2 amide bonds. The molecule has 3 rings (SSSR count). The number of likely N-dealkylation sites (N-methyl/N-ethyl adjacent to an activating group) is 1. The van der Waals surface area contributed by atoms with Gasteiger partial charge in [-0.1, -0.05) is 54.6 Å². The number of nitrogens with one attached hydrogen (secondary N) is 1. The van der Waals surface area contributed by atoms with Gasteiger partial charge < -0.3 is 20.1 Å². The van der Waals surface area contributed by atoms with E-state index in [0.29, 0.717) is 5.57 Å². The standard InChI is InChI=1S/C24H26N2O5/c1-15(22(27)26(3)16(2)23(28)29)12-13-25-24(30)31-14-21-19-10-6-4-8-17(19)18-9-5-7-11-20(18)21/h4-12,16,21H,13-14H2,1-3H3,(H,25,30)(H,28,29)/b15-12+. The zero-order chi connectivity index (χ0) is 22.5. The quantitative estimate of drug-likeness (QED) is 0.667. The lowest BCUT2D eigenvalue weighted by Crippen LogP contribution is -2.40. The first kappa shape index (κ1) is 22.1. The van der Waals surface area contributed by atoms with Crippen LogP contribution in [-0.4, -0.2) is 54.2 Å². The molecule has 162 valence electrons. The van der Waals surface area contributed by atoms with Crippen LogP contribution >= 0.6 is 0 Å². The molecule has 0 spiro atoms. The summed E-state index contributed by atoms with van der Waals surface area (Å²) in [6.07, 6.45) is 0.958. The second-order valence-electron chi connectivity index (χ2n) is 7.52. The number of benzene rings is 2. The number of nitrogens with zero attached hydrogens (tertiary/aromatic N) is 1. The third kappa shape index (κ3) is 4.77. The lowest BCUT2D eigenvalue weighted by atomic mass is 9.98. The van der Waals surface area contributed by atoms with Gasteiger partial charge in [0.25, 0.3) is 0 Å². The van der Waals surface area contributed by atoms with Crippen LogP contribution in [0.1, 0.15) is 30.9 Å². The Labute approximate surface area is 181 Å². The van der Waals surface area contributed by atoms with E-state index in [-0.39, 0.29) is 19.1 Å². The Balaban J connectivity index is 1.55. The van der Waals surface area contributed by atoms with Gasteiger partial charge in [0.2, 0.25) is 5.91 Å². The second kappa shape index (κ2) is 9.47. The number of ether oxygens (including phenoxy) is 1. The number of fused-ring (bicyclic) bond motifs is 3. The summed E-state index contributed by atoms with van der Waals surface area (Å²) in [5.41, 5.74) is 4.92. The van der Waals surface area contributed by atoms with Crippen LogP contribution in [0.3, 0.4) is 0 Å². The summed E-state index contributed by atoms with van der Waals surface area (Å²) in [6.45, 7) is 3.32. The molecule has 0 aromatic heterocycles. The van der Waals surface area contributed by atoms with E-state index in [1.807, 2.05) is 36.4 Å². The van der Waals surface area contributed by atoms with Crippen molar-refractivity contribution in [1.82, 2.24) is 10.2 Å². The average Bonchev–Trinajstić information content (AvgIpc) is 3.09. The molecule has 2 aromatic rings. The lowest BCUT2D eigenvalue weighted by Gasteiger charge is -2.21. The minimum absolute atomic E-state index is 0.0249. The minimum Gasteiger partial charge on any atom is -0.480 e. The van der Waals surface area contributed by atoms with Crippen LogP contribution in [0.5, 0.6) is 0 Å². The summed E-state index contributed by atoms with van der Waals surface area (Å²) in [5, 5.41) is 11.6. The number of carboxylic acids is 1. The molecular formula is C24H26N2O5. The Morgan fingerprint density at radius 2 is 1.65 bits per heavy atom. The highest BCUT2D eigenvalue weighted by Crippen LogP contribution is 2.44. The number of aliphatic carboxylic acids is 1. The summed E-state index contributed by atoms with van der Waals surface area (Å²) in [5.74, 6) is -1.52. The van der Waals surface area contributed by atoms with Crippen LogP contribution in [0.2, 0.25) is 0 Å². The summed E-state index contributed by atoms with van der Waals surface area (Å²) in [6, 6.07) is 15.2. The Bertz CT molecular complexity index is 985. The fraction of sp³-hybridized carbons (Fsp3) is 0.292. The molecule has 7 nitrogen and oxygen atoms in total. The first-order chi connectivity index (χ1) is 14.8.